The minimum atomic E-state index is -4.47. The van der Waals surface area contributed by atoms with Crippen LogP contribution in [0.15, 0.2) is 24.4 Å². The van der Waals surface area contributed by atoms with E-state index in [4.69, 9.17) is 0 Å². The molecule has 0 fully saturated rings. The zero-order valence-corrected chi connectivity index (χ0v) is 15.6. The molecule has 5 nitrogen and oxygen atoms in total. The third kappa shape index (κ3) is 4.50. The summed E-state index contributed by atoms with van der Waals surface area (Å²) in [4.78, 5) is 18.2. The molecule has 0 aliphatic carbocycles. The molecular weight excluding hydrogens is 357 g/mol. The Labute approximate surface area is 156 Å². The Balaban J connectivity index is 1.71. The summed E-state index contributed by atoms with van der Waals surface area (Å²) >= 11 is 0. The Hall–Kier alpha value is -2.35. The molecule has 1 aromatic heterocycles. The number of hydrogen-bond donors (Lipinski definition) is 1. The number of imidazole rings is 1. The van der Waals surface area contributed by atoms with Crippen molar-refractivity contribution in [2.24, 2.45) is 5.92 Å². The van der Waals surface area contributed by atoms with Crippen LogP contribution in [0.25, 0.3) is 0 Å². The van der Waals surface area contributed by atoms with Crippen LogP contribution in [0.4, 0.5) is 18.9 Å². The number of aryl methyl sites for hydroxylation is 1. The predicted octanol–water partition coefficient (Wildman–Crippen LogP) is 3.47. The Morgan fingerprint density at radius 2 is 2.07 bits per heavy atom. The molecular formula is C19H23F3N4O. The van der Waals surface area contributed by atoms with Crippen molar-refractivity contribution in [3.63, 3.8) is 0 Å². The lowest BCUT2D eigenvalue weighted by Gasteiger charge is -2.25. The van der Waals surface area contributed by atoms with Gasteiger partial charge in [-0.1, -0.05) is 6.07 Å². The van der Waals surface area contributed by atoms with Gasteiger partial charge in [0.05, 0.1) is 0 Å². The number of fused-ring (bicyclic) bond motifs is 1. The molecule has 1 aromatic carbocycles. The van der Waals surface area contributed by atoms with E-state index in [2.05, 4.69) is 16.4 Å². The average molecular weight is 380 g/mol. The summed E-state index contributed by atoms with van der Waals surface area (Å²) in [5, 5.41) is 2.92. The third-order valence-electron chi connectivity index (χ3n) is 4.62. The van der Waals surface area contributed by atoms with Gasteiger partial charge < -0.3 is 14.8 Å². The van der Waals surface area contributed by atoms with Crippen LogP contribution in [-0.4, -0.2) is 34.5 Å². The van der Waals surface area contributed by atoms with Gasteiger partial charge in [-0.05, 0) is 50.7 Å². The number of benzene rings is 1. The number of carbonyl (C=O) groups excluding carboxylic acids is 1. The lowest BCUT2D eigenvalue weighted by molar-refractivity contribution is -0.147. The highest BCUT2D eigenvalue weighted by Crippen LogP contribution is 2.32. The summed E-state index contributed by atoms with van der Waals surface area (Å²) < 4.78 is 40.0. The van der Waals surface area contributed by atoms with Crippen LogP contribution in [0, 0.1) is 12.8 Å². The van der Waals surface area contributed by atoms with E-state index in [1.165, 1.54) is 10.8 Å². The molecule has 0 bridgehead atoms. The van der Waals surface area contributed by atoms with Crippen LogP contribution in [0.2, 0.25) is 0 Å². The largest absolute Gasteiger partial charge is 0.449 e. The molecule has 1 N–H and O–H groups in total. The van der Waals surface area contributed by atoms with Gasteiger partial charge in [0, 0.05) is 43.0 Å². The lowest BCUT2D eigenvalue weighted by atomic mass is 9.95. The van der Waals surface area contributed by atoms with Gasteiger partial charge in [-0.25, -0.2) is 4.98 Å². The van der Waals surface area contributed by atoms with Gasteiger partial charge in [0.15, 0.2) is 0 Å². The first kappa shape index (κ1) is 19.4. The number of carbonyl (C=O) groups is 1. The van der Waals surface area contributed by atoms with Crippen molar-refractivity contribution in [2.75, 3.05) is 19.4 Å². The molecule has 0 radical (unpaired) electrons. The molecule has 27 heavy (non-hydrogen) atoms. The Kier molecular flexibility index (Phi) is 5.28. The van der Waals surface area contributed by atoms with Gasteiger partial charge >= 0.3 is 6.18 Å². The molecule has 1 aliphatic rings. The van der Waals surface area contributed by atoms with E-state index in [-0.39, 0.29) is 24.8 Å². The number of aromatic nitrogens is 2. The lowest BCUT2D eigenvalue weighted by Crippen LogP contribution is -2.31. The summed E-state index contributed by atoms with van der Waals surface area (Å²) in [6, 6.07) is 5.89. The quantitative estimate of drug-likeness (QED) is 0.884. The predicted molar refractivity (Wildman–Crippen MR) is 96.2 cm³/mol. The number of alkyl halides is 3. The van der Waals surface area contributed by atoms with Crippen LogP contribution in [0.3, 0.4) is 0 Å². The van der Waals surface area contributed by atoms with E-state index in [0.717, 1.165) is 17.7 Å². The number of nitrogens with zero attached hydrogens (tertiary/aromatic N) is 3. The van der Waals surface area contributed by atoms with E-state index < -0.39 is 12.0 Å². The van der Waals surface area contributed by atoms with E-state index in [9.17, 15) is 18.0 Å². The first-order chi connectivity index (χ1) is 12.6. The molecule has 0 saturated carbocycles. The first-order valence-corrected chi connectivity index (χ1v) is 8.81. The highest BCUT2D eigenvalue weighted by atomic mass is 19.4. The van der Waals surface area contributed by atoms with Crippen molar-refractivity contribution in [2.45, 2.75) is 39.0 Å². The minimum Gasteiger partial charge on any atom is -0.326 e. The fraction of sp³-hybridized carbons (Fsp3) is 0.474. The second kappa shape index (κ2) is 7.34. The smallest absolute Gasteiger partial charge is 0.326 e. The maximum Gasteiger partial charge on any atom is 0.449 e. The summed E-state index contributed by atoms with van der Waals surface area (Å²) in [6.07, 6.45) is -2.64. The molecule has 3 rings (SSSR count). The standard InChI is InChI=1S/C19H23F3N4O/c1-12-6-13(11-25(2)3)8-15(7-12)24-17(27)14-4-5-26-16(9-14)10-23-18(26)19(20,21)22/h6-8,10,14H,4-5,9,11H2,1-3H3,(H,24,27)/t14-/m0/s1. The highest BCUT2D eigenvalue weighted by molar-refractivity contribution is 5.93. The van der Waals surface area contributed by atoms with Gasteiger partial charge in [-0.15, -0.1) is 0 Å². The van der Waals surface area contributed by atoms with E-state index >= 15 is 0 Å². The van der Waals surface area contributed by atoms with Crippen molar-refractivity contribution in [1.29, 1.82) is 0 Å². The monoisotopic (exact) mass is 380 g/mol. The number of nitrogens with one attached hydrogen (secondary N) is 1. The van der Waals surface area contributed by atoms with Gasteiger partial charge in [-0.3, -0.25) is 4.79 Å². The normalized spacial score (nSPS) is 17.1. The number of rotatable bonds is 4. The fourth-order valence-electron chi connectivity index (χ4n) is 3.55. The molecule has 0 saturated heterocycles. The number of amides is 1. The highest BCUT2D eigenvalue weighted by Gasteiger charge is 2.39. The number of halogens is 3. The Morgan fingerprint density at radius 1 is 1.33 bits per heavy atom. The van der Waals surface area contributed by atoms with Crippen molar-refractivity contribution in [3.05, 3.63) is 47.0 Å². The zero-order valence-electron chi connectivity index (χ0n) is 15.6. The molecule has 8 heteroatoms. The topological polar surface area (TPSA) is 50.2 Å². The van der Waals surface area contributed by atoms with E-state index in [1.54, 1.807) is 0 Å². The summed E-state index contributed by atoms with van der Waals surface area (Å²) in [5.41, 5.74) is 3.30. The van der Waals surface area contributed by atoms with Crippen LogP contribution in [0.5, 0.6) is 0 Å². The molecule has 0 unspecified atom stereocenters. The van der Waals surface area contributed by atoms with Crippen molar-refractivity contribution >= 4 is 11.6 Å². The number of anilines is 1. The SMILES string of the molecule is Cc1cc(CN(C)C)cc(NC(=O)[C@H]2CCn3c(cnc3C(F)(F)F)C2)c1. The van der Waals surface area contributed by atoms with Crippen molar-refractivity contribution in [3.8, 4) is 0 Å². The van der Waals surface area contributed by atoms with Crippen LogP contribution >= 0.6 is 0 Å². The zero-order chi connectivity index (χ0) is 19.8. The molecule has 0 spiro atoms. The summed E-state index contributed by atoms with van der Waals surface area (Å²) in [6.45, 7) is 2.86. The maximum absolute atomic E-state index is 13.0. The Morgan fingerprint density at radius 3 is 2.74 bits per heavy atom. The van der Waals surface area contributed by atoms with Gasteiger partial charge in [0.25, 0.3) is 0 Å². The average Bonchev–Trinajstić information content (AvgIpc) is 2.96. The number of hydrogen-bond acceptors (Lipinski definition) is 3. The molecule has 1 aliphatic heterocycles. The summed E-state index contributed by atoms with van der Waals surface area (Å²) in [7, 11) is 3.95. The third-order valence-corrected chi connectivity index (χ3v) is 4.62. The van der Waals surface area contributed by atoms with Gasteiger partial charge in [0.2, 0.25) is 11.7 Å². The molecule has 2 heterocycles. The maximum atomic E-state index is 13.0. The molecule has 1 atom stereocenters. The Bertz CT molecular complexity index is 842. The summed E-state index contributed by atoms with van der Waals surface area (Å²) in [5.74, 6) is -1.42. The van der Waals surface area contributed by atoms with E-state index in [1.807, 2.05) is 38.1 Å². The van der Waals surface area contributed by atoms with Crippen LogP contribution < -0.4 is 5.32 Å². The van der Waals surface area contributed by atoms with Gasteiger partial charge in [-0.2, -0.15) is 13.2 Å². The van der Waals surface area contributed by atoms with E-state index in [0.29, 0.717) is 17.8 Å². The molecule has 146 valence electrons. The second-order valence-electron chi connectivity index (χ2n) is 7.35. The van der Waals surface area contributed by atoms with Crippen LogP contribution in [0.1, 0.15) is 29.1 Å². The first-order valence-electron chi connectivity index (χ1n) is 8.81. The van der Waals surface area contributed by atoms with Crippen molar-refractivity contribution < 1.29 is 18.0 Å². The van der Waals surface area contributed by atoms with Gasteiger partial charge in [0.1, 0.15) is 0 Å². The fourth-order valence-corrected chi connectivity index (χ4v) is 3.55. The minimum absolute atomic E-state index is 0.141. The van der Waals surface area contributed by atoms with Crippen molar-refractivity contribution in [1.82, 2.24) is 14.5 Å². The second-order valence-corrected chi connectivity index (χ2v) is 7.35. The molecule has 2 aromatic rings. The molecule has 1 amide bonds. The van der Waals surface area contributed by atoms with Crippen LogP contribution in [-0.2, 0) is 30.5 Å².